The first-order chi connectivity index (χ1) is 10.6. The minimum atomic E-state index is -0.111. The molecule has 1 amide bonds. The van der Waals surface area contributed by atoms with Gasteiger partial charge in [0, 0.05) is 14.8 Å². The van der Waals surface area contributed by atoms with E-state index < -0.39 is 0 Å². The number of hydrogen-bond acceptors (Lipinski definition) is 3. The maximum Gasteiger partial charge on any atom is 0.239 e. The number of halogens is 1. The summed E-state index contributed by atoms with van der Waals surface area (Å²) in [7, 11) is 1.63. The first-order valence-corrected chi connectivity index (χ1v) is 8.10. The molecule has 2 N–H and O–H groups in total. The maximum absolute atomic E-state index is 12.1. The molecule has 0 aliphatic rings. The Morgan fingerprint density at radius 2 is 1.86 bits per heavy atom. The standard InChI is InChI=1S/C17H19IN2O2/c1-12(13-7-3-6-10-16(13)22-2)20-17(21)11-19-15-9-5-4-8-14(15)18/h3-10,12,19H,11H2,1-2H3,(H,20,21). The van der Waals surface area contributed by atoms with E-state index in [4.69, 9.17) is 4.74 Å². The fourth-order valence-corrected chi connectivity index (χ4v) is 2.75. The van der Waals surface area contributed by atoms with Crippen LogP contribution < -0.4 is 15.4 Å². The zero-order valence-electron chi connectivity index (χ0n) is 12.6. The zero-order chi connectivity index (χ0) is 15.9. The Balaban J connectivity index is 1.93. The van der Waals surface area contributed by atoms with Gasteiger partial charge in [-0.2, -0.15) is 0 Å². The van der Waals surface area contributed by atoms with E-state index in [1.165, 1.54) is 0 Å². The largest absolute Gasteiger partial charge is 0.496 e. The van der Waals surface area contributed by atoms with Crippen LogP contribution in [0, 0.1) is 3.57 Å². The van der Waals surface area contributed by atoms with E-state index in [1.54, 1.807) is 7.11 Å². The Morgan fingerprint density at radius 1 is 1.18 bits per heavy atom. The van der Waals surface area contributed by atoms with Gasteiger partial charge >= 0.3 is 0 Å². The summed E-state index contributed by atoms with van der Waals surface area (Å²) < 4.78 is 6.41. The Hall–Kier alpha value is -1.76. The van der Waals surface area contributed by atoms with Crippen LogP contribution in [0.25, 0.3) is 0 Å². The number of rotatable bonds is 6. The SMILES string of the molecule is COc1ccccc1C(C)NC(=O)CNc1ccccc1I. The maximum atomic E-state index is 12.1. The molecule has 2 aromatic rings. The number of anilines is 1. The van der Waals surface area contributed by atoms with E-state index in [1.807, 2.05) is 55.5 Å². The van der Waals surface area contributed by atoms with Crippen molar-refractivity contribution in [2.24, 2.45) is 0 Å². The molecule has 2 aromatic carbocycles. The molecule has 0 radical (unpaired) electrons. The van der Waals surface area contributed by atoms with E-state index in [-0.39, 0.29) is 18.5 Å². The molecule has 116 valence electrons. The smallest absolute Gasteiger partial charge is 0.239 e. The first kappa shape index (κ1) is 16.6. The van der Waals surface area contributed by atoms with Crippen LogP contribution in [0.5, 0.6) is 5.75 Å². The van der Waals surface area contributed by atoms with Gasteiger partial charge in [-0.3, -0.25) is 4.79 Å². The highest BCUT2D eigenvalue weighted by molar-refractivity contribution is 14.1. The summed E-state index contributed by atoms with van der Waals surface area (Å²) in [6, 6.07) is 15.5. The molecule has 0 spiro atoms. The van der Waals surface area contributed by atoms with Crippen molar-refractivity contribution < 1.29 is 9.53 Å². The quantitative estimate of drug-likeness (QED) is 0.716. The molecule has 0 aromatic heterocycles. The molecule has 0 saturated carbocycles. The molecule has 2 rings (SSSR count). The normalized spacial score (nSPS) is 11.6. The van der Waals surface area contributed by atoms with Crippen molar-refractivity contribution in [2.45, 2.75) is 13.0 Å². The van der Waals surface area contributed by atoms with Gasteiger partial charge in [0.25, 0.3) is 0 Å². The third-order valence-corrected chi connectivity index (χ3v) is 4.24. The van der Waals surface area contributed by atoms with Crippen LogP contribution in [0.3, 0.4) is 0 Å². The zero-order valence-corrected chi connectivity index (χ0v) is 14.8. The number of nitrogens with one attached hydrogen (secondary N) is 2. The van der Waals surface area contributed by atoms with E-state index in [0.717, 1.165) is 20.6 Å². The molecule has 1 atom stereocenters. The lowest BCUT2D eigenvalue weighted by molar-refractivity contribution is -0.120. The van der Waals surface area contributed by atoms with Gasteiger partial charge in [-0.1, -0.05) is 30.3 Å². The average molecular weight is 410 g/mol. The lowest BCUT2D eigenvalue weighted by Gasteiger charge is -2.17. The first-order valence-electron chi connectivity index (χ1n) is 7.02. The second kappa shape index (κ2) is 8.03. The Morgan fingerprint density at radius 3 is 2.59 bits per heavy atom. The minimum absolute atomic E-state index is 0.0574. The van der Waals surface area contributed by atoms with E-state index >= 15 is 0 Å². The number of para-hydroxylation sites is 2. The van der Waals surface area contributed by atoms with Gasteiger partial charge in [0.05, 0.1) is 19.7 Å². The van der Waals surface area contributed by atoms with Crippen molar-refractivity contribution in [1.29, 1.82) is 0 Å². The van der Waals surface area contributed by atoms with Gasteiger partial charge < -0.3 is 15.4 Å². The molecule has 0 fully saturated rings. The molecular formula is C17H19IN2O2. The summed E-state index contributed by atoms with van der Waals surface area (Å²) in [4.78, 5) is 12.1. The topological polar surface area (TPSA) is 50.4 Å². The highest BCUT2D eigenvalue weighted by Gasteiger charge is 2.13. The average Bonchev–Trinajstić information content (AvgIpc) is 2.54. The highest BCUT2D eigenvalue weighted by atomic mass is 127. The van der Waals surface area contributed by atoms with Gasteiger partial charge in [0.15, 0.2) is 0 Å². The van der Waals surface area contributed by atoms with E-state index in [0.29, 0.717) is 0 Å². The Labute approximate surface area is 144 Å². The number of carbonyl (C=O) groups excluding carboxylic acids is 1. The number of benzene rings is 2. The fraction of sp³-hybridized carbons (Fsp3) is 0.235. The number of ether oxygens (including phenoxy) is 1. The monoisotopic (exact) mass is 410 g/mol. The van der Waals surface area contributed by atoms with Crippen LogP contribution in [-0.2, 0) is 4.79 Å². The van der Waals surface area contributed by atoms with Crippen molar-refractivity contribution in [3.8, 4) is 5.75 Å². The second-order valence-electron chi connectivity index (χ2n) is 4.86. The molecule has 0 bridgehead atoms. The Bertz CT molecular complexity index is 646. The molecule has 0 aliphatic heterocycles. The number of methoxy groups -OCH3 is 1. The predicted molar refractivity (Wildman–Crippen MR) is 97.2 cm³/mol. The van der Waals surface area contributed by atoms with Gasteiger partial charge in [-0.15, -0.1) is 0 Å². The van der Waals surface area contributed by atoms with Crippen LogP contribution in [0.4, 0.5) is 5.69 Å². The van der Waals surface area contributed by atoms with Crippen molar-refractivity contribution in [3.05, 3.63) is 57.7 Å². The van der Waals surface area contributed by atoms with Crippen LogP contribution in [0.15, 0.2) is 48.5 Å². The summed E-state index contributed by atoms with van der Waals surface area (Å²) >= 11 is 2.24. The lowest BCUT2D eigenvalue weighted by atomic mass is 10.1. The number of carbonyl (C=O) groups is 1. The van der Waals surface area contributed by atoms with E-state index in [2.05, 4.69) is 33.2 Å². The van der Waals surface area contributed by atoms with Crippen molar-refractivity contribution in [3.63, 3.8) is 0 Å². The molecule has 0 heterocycles. The molecule has 0 saturated heterocycles. The highest BCUT2D eigenvalue weighted by Crippen LogP contribution is 2.24. The van der Waals surface area contributed by atoms with Gasteiger partial charge in [0.1, 0.15) is 5.75 Å². The summed E-state index contributed by atoms with van der Waals surface area (Å²) in [5, 5.41) is 6.12. The number of amides is 1. The summed E-state index contributed by atoms with van der Waals surface area (Å²) in [6.45, 7) is 2.18. The molecular weight excluding hydrogens is 391 g/mol. The van der Waals surface area contributed by atoms with Crippen LogP contribution in [-0.4, -0.2) is 19.6 Å². The molecule has 4 nitrogen and oxygen atoms in total. The van der Waals surface area contributed by atoms with Gasteiger partial charge in [-0.05, 0) is 47.7 Å². The van der Waals surface area contributed by atoms with Crippen molar-refractivity contribution in [2.75, 3.05) is 19.0 Å². The molecule has 5 heteroatoms. The van der Waals surface area contributed by atoms with Crippen molar-refractivity contribution in [1.82, 2.24) is 5.32 Å². The predicted octanol–water partition coefficient (Wildman–Crippen LogP) is 3.59. The van der Waals surface area contributed by atoms with Crippen LogP contribution in [0.2, 0.25) is 0 Å². The molecule has 22 heavy (non-hydrogen) atoms. The van der Waals surface area contributed by atoms with Gasteiger partial charge in [0.2, 0.25) is 5.91 Å². The molecule has 0 aliphatic carbocycles. The third kappa shape index (κ3) is 4.37. The summed E-state index contributed by atoms with van der Waals surface area (Å²) in [5.41, 5.74) is 1.93. The van der Waals surface area contributed by atoms with E-state index in [9.17, 15) is 4.79 Å². The summed E-state index contributed by atoms with van der Waals surface area (Å²) in [5.74, 6) is 0.721. The third-order valence-electron chi connectivity index (χ3n) is 3.30. The van der Waals surface area contributed by atoms with Crippen LogP contribution >= 0.6 is 22.6 Å². The summed E-state index contributed by atoms with van der Waals surface area (Å²) in [6.07, 6.45) is 0. The molecule has 1 unspecified atom stereocenters. The fourth-order valence-electron chi connectivity index (χ4n) is 2.17. The van der Waals surface area contributed by atoms with Crippen LogP contribution in [0.1, 0.15) is 18.5 Å². The second-order valence-corrected chi connectivity index (χ2v) is 6.03. The Kier molecular flexibility index (Phi) is 6.06. The minimum Gasteiger partial charge on any atom is -0.496 e. The lowest BCUT2D eigenvalue weighted by Crippen LogP contribution is -2.32. The number of hydrogen-bond donors (Lipinski definition) is 2. The van der Waals surface area contributed by atoms with Crippen molar-refractivity contribution >= 4 is 34.2 Å². The van der Waals surface area contributed by atoms with Gasteiger partial charge in [-0.25, -0.2) is 0 Å².